The molecule has 0 fully saturated rings. The van der Waals surface area contributed by atoms with Crippen LogP contribution in [0.3, 0.4) is 0 Å². The van der Waals surface area contributed by atoms with Gasteiger partial charge in [0.2, 0.25) is 0 Å². The van der Waals surface area contributed by atoms with Crippen molar-refractivity contribution >= 4 is 54.9 Å². The number of methoxy groups -OCH3 is 1. The van der Waals surface area contributed by atoms with E-state index in [1.807, 2.05) is 0 Å². The van der Waals surface area contributed by atoms with Crippen LogP contribution in [0.2, 0.25) is 0 Å². The highest BCUT2D eigenvalue weighted by Gasteiger charge is 2.21. The van der Waals surface area contributed by atoms with E-state index in [4.69, 9.17) is 0 Å². The number of hydrogen-bond donors (Lipinski definition) is 0. The van der Waals surface area contributed by atoms with Crippen molar-refractivity contribution in [2.24, 2.45) is 0 Å². The van der Waals surface area contributed by atoms with Crippen LogP contribution in [-0.2, 0) is 9.53 Å². The quantitative estimate of drug-likeness (QED) is 0.476. The van der Waals surface area contributed by atoms with Crippen LogP contribution in [-0.4, -0.2) is 18.9 Å². The standard InChI is InChI=1S/C7H4Br2O3S/c1-12-7(11)5(10)6-3(8)2-4(9)13-6/h2H,1H3. The highest BCUT2D eigenvalue weighted by Crippen LogP contribution is 2.31. The third kappa shape index (κ3) is 2.38. The summed E-state index contributed by atoms with van der Waals surface area (Å²) in [4.78, 5) is 22.5. The van der Waals surface area contributed by atoms with Gasteiger partial charge in [0.1, 0.15) is 0 Å². The number of thiophene rings is 1. The van der Waals surface area contributed by atoms with Gasteiger partial charge in [0.15, 0.2) is 0 Å². The number of ether oxygens (including phenoxy) is 1. The minimum atomic E-state index is -0.852. The Balaban J connectivity index is 3.01. The predicted octanol–water partition coefficient (Wildman–Crippen LogP) is 2.63. The lowest BCUT2D eigenvalue weighted by molar-refractivity contribution is -0.135. The van der Waals surface area contributed by atoms with Gasteiger partial charge in [-0.2, -0.15) is 0 Å². The summed E-state index contributed by atoms with van der Waals surface area (Å²) in [5.74, 6) is -1.49. The minimum Gasteiger partial charge on any atom is -0.463 e. The third-order valence-electron chi connectivity index (χ3n) is 1.23. The summed E-state index contributed by atoms with van der Waals surface area (Å²) in [7, 11) is 1.18. The number of halogens is 2. The normalized spacial score (nSPS) is 9.77. The van der Waals surface area contributed by atoms with Crippen molar-refractivity contribution in [1.29, 1.82) is 0 Å². The molecule has 1 aromatic heterocycles. The second kappa shape index (κ2) is 4.34. The molecule has 13 heavy (non-hydrogen) atoms. The van der Waals surface area contributed by atoms with Crippen LogP contribution >= 0.6 is 43.2 Å². The van der Waals surface area contributed by atoms with Crippen LogP contribution in [0.1, 0.15) is 9.67 Å². The number of hydrogen-bond acceptors (Lipinski definition) is 4. The van der Waals surface area contributed by atoms with Gasteiger partial charge in [0.25, 0.3) is 5.78 Å². The van der Waals surface area contributed by atoms with E-state index in [-0.39, 0.29) is 0 Å². The van der Waals surface area contributed by atoms with Crippen molar-refractivity contribution < 1.29 is 14.3 Å². The molecule has 3 nitrogen and oxygen atoms in total. The summed E-state index contributed by atoms with van der Waals surface area (Å²) in [5, 5.41) is 0. The zero-order chi connectivity index (χ0) is 10.0. The molecule has 1 rings (SSSR count). The maximum absolute atomic E-state index is 11.3. The molecule has 0 aliphatic heterocycles. The van der Waals surface area contributed by atoms with E-state index in [0.29, 0.717) is 9.35 Å². The van der Waals surface area contributed by atoms with Crippen molar-refractivity contribution in [2.75, 3.05) is 7.11 Å². The zero-order valence-electron chi connectivity index (χ0n) is 6.47. The molecule has 0 N–H and O–H groups in total. The van der Waals surface area contributed by atoms with Crippen LogP contribution in [0.15, 0.2) is 14.3 Å². The summed E-state index contributed by atoms with van der Waals surface area (Å²) in [6.07, 6.45) is 0. The number of Topliss-reactive ketones (excluding diaryl/α,β-unsaturated/α-hetero) is 1. The van der Waals surface area contributed by atoms with Crippen molar-refractivity contribution in [2.45, 2.75) is 0 Å². The van der Waals surface area contributed by atoms with Crippen LogP contribution in [0, 0.1) is 0 Å². The summed E-state index contributed by atoms with van der Waals surface area (Å²) in [6, 6.07) is 1.71. The van der Waals surface area contributed by atoms with Gasteiger partial charge >= 0.3 is 5.97 Å². The summed E-state index contributed by atoms with van der Waals surface area (Å²) < 4.78 is 5.69. The summed E-state index contributed by atoms with van der Waals surface area (Å²) in [5.41, 5.74) is 0. The molecule has 0 aromatic carbocycles. The highest BCUT2D eigenvalue weighted by atomic mass is 79.9. The second-order valence-corrected chi connectivity index (χ2v) is 5.33. The number of rotatable bonds is 2. The van der Waals surface area contributed by atoms with Crippen molar-refractivity contribution in [1.82, 2.24) is 0 Å². The van der Waals surface area contributed by atoms with Gasteiger partial charge in [0.05, 0.1) is 15.8 Å². The molecule has 0 radical (unpaired) electrons. The van der Waals surface area contributed by atoms with E-state index < -0.39 is 11.8 Å². The number of esters is 1. The maximum atomic E-state index is 11.3. The first-order valence-electron chi connectivity index (χ1n) is 3.13. The molecular formula is C7H4Br2O3S. The van der Waals surface area contributed by atoms with E-state index in [2.05, 4.69) is 36.6 Å². The molecule has 0 atom stereocenters. The van der Waals surface area contributed by atoms with Crippen molar-refractivity contribution in [3.63, 3.8) is 0 Å². The SMILES string of the molecule is COC(=O)C(=O)c1sc(Br)cc1Br. The predicted molar refractivity (Wildman–Crippen MR) is 56.1 cm³/mol. The molecule has 0 aliphatic carbocycles. The lowest BCUT2D eigenvalue weighted by atomic mass is 10.3. The van der Waals surface area contributed by atoms with Crippen molar-refractivity contribution in [3.8, 4) is 0 Å². The number of ketones is 1. The Labute approximate surface area is 95.3 Å². The molecule has 1 heterocycles. The fourth-order valence-electron chi connectivity index (χ4n) is 0.681. The fraction of sp³-hybridized carbons (Fsp3) is 0.143. The van der Waals surface area contributed by atoms with Gasteiger partial charge in [-0.1, -0.05) is 0 Å². The second-order valence-electron chi connectivity index (χ2n) is 2.05. The monoisotopic (exact) mass is 326 g/mol. The first-order valence-corrected chi connectivity index (χ1v) is 5.54. The molecule has 6 heteroatoms. The number of carbonyl (C=O) groups excluding carboxylic acids is 2. The van der Waals surface area contributed by atoms with E-state index in [0.717, 1.165) is 3.79 Å². The van der Waals surface area contributed by atoms with Crippen LogP contribution < -0.4 is 0 Å². The van der Waals surface area contributed by atoms with E-state index in [1.165, 1.54) is 18.4 Å². The number of carbonyl (C=O) groups is 2. The van der Waals surface area contributed by atoms with E-state index in [1.54, 1.807) is 6.07 Å². The highest BCUT2D eigenvalue weighted by molar-refractivity contribution is 9.11. The summed E-state index contributed by atoms with van der Waals surface area (Å²) in [6.45, 7) is 0. The molecule has 0 saturated carbocycles. The molecular weight excluding hydrogens is 324 g/mol. The third-order valence-corrected chi connectivity index (χ3v) is 3.76. The largest absolute Gasteiger partial charge is 0.463 e. The van der Waals surface area contributed by atoms with Gasteiger partial charge in [-0.3, -0.25) is 4.79 Å². The Hall–Kier alpha value is -0.200. The smallest absolute Gasteiger partial charge is 0.380 e. The Morgan fingerprint density at radius 3 is 2.46 bits per heavy atom. The van der Waals surface area contributed by atoms with Gasteiger partial charge in [0, 0.05) is 4.47 Å². The average molecular weight is 328 g/mol. The molecule has 0 spiro atoms. The molecule has 0 saturated heterocycles. The fourth-order valence-corrected chi connectivity index (χ4v) is 3.21. The minimum absolute atomic E-state index is 0.346. The molecule has 0 bridgehead atoms. The molecule has 0 aliphatic rings. The Bertz CT molecular complexity index is 359. The van der Waals surface area contributed by atoms with Gasteiger partial charge in [-0.05, 0) is 37.9 Å². The first-order chi connectivity index (χ1) is 6.06. The topological polar surface area (TPSA) is 43.4 Å². The molecule has 0 unspecified atom stereocenters. The van der Waals surface area contributed by atoms with Crippen LogP contribution in [0.25, 0.3) is 0 Å². The van der Waals surface area contributed by atoms with E-state index in [9.17, 15) is 9.59 Å². The lowest BCUT2D eigenvalue weighted by Gasteiger charge is -1.94. The molecule has 70 valence electrons. The van der Waals surface area contributed by atoms with Gasteiger partial charge < -0.3 is 4.74 Å². The molecule has 1 aromatic rings. The van der Waals surface area contributed by atoms with Gasteiger partial charge in [-0.25, -0.2) is 4.79 Å². The Kier molecular flexibility index (Phi) is 3.63. The molecule has 0 amide bonds. The van der Waals surface area contributed by atoms with E-state index >= 15 is 0 Å². The maximum Gasteiger partial charge on any atom is 0.380 e. The average Bonchev–Trinajstić information content (AvgIpc) is 2.42. The first kappa shape index (κ1) is 10.9. The summed E-state index contributed by atoms with van der Waals surface area (Å²) >= 11 is 7.56. The zero-order valence-corrected chi connectivity index (χ0v) is 10.5. The Morgan fingerprint density at radius 1 is 1.46 bits per heavy atom. The Morgan fingerprint density at radius 2 is 2.08 bits per heavy atom. The lowest BCUT2D eigenvalue weighted by Crippen LogP contribution is -2.14. The van der Waals surface area contributed by atoms with Crippen LogP contribution in [0.5, 0.6) is 0 Å². The van der Waals surface area contributed by atoms with Crippen molar-refractivity contribution in [3.05, 3.63) is 19.2 Å². The van der Waals surface area contributed by atoms with Crippen LogP contribution in [0.4, 0.5) is 0 Å². The van der Waals surface area contributed by atoms with Gasteiger partial charge in [-0.15, -0.1) is 11.3 Å².